The fourth-order valence-electron chi connectivity index (χ4n) is 2.90. The van der Waals surface area contributed by atoms with Gasteiger partial charge in [-0.1, -0.05) is 27.2 Å². The van der Waals surface area contributed by atoms with Crippen LogP contribution in [-0.2, 0) is 0 Å². The van der Waals surface area contributed by atoms with E-state index in [2.05, 4.69) is 31.8 Å². The number of hydrogen-bond donors (Lipinski definition) is 1. The first-order chi connectivity index (χ1) is 8.92. The van der Waals surface area contributed by atoms with Crippen LogP contribution in [0, 0.1) is 33.6 Å². The smallest absolute Gasteiger partial charge is 0.209 e. The lowest BCUT2D eigenvalue weighted by atomic mass is 9.58. The number of guanidine groups is 1. The predicted octanol–water partition coefficient (Wildman–Crippen LogP) is 2.21. The highest BCUT2D eigenvalue weighted by Crippen LogP contribution is 2.51. The molecule has 1 saturated heterocycles. The summed E-state index contributed by atoms with van der Waals surface area (Å²) in [7, 11) is 0. The minimum absolute atomic E-state index is 0.0416. The second-order valence-electron chi connectivity index (χ2n) is 5.91. The molecule has 1 aliphatic rings. The first-order valence-corrected chi connectivity index (χ1v) is 6.76. The van der Waals surface area contributed by atoms with Crippen molar-refractivity contribution in [2.45, 2.75) is 46.5 Å². The summed E-state index contributed by atoms with van der Waals surface area (Å²) < 4.78 is 0. The molecule has 0 aliphatic carbocycles. The Morgan fingerprint density at radius 2 is 1.95 bits per heavy atom. The Labute approximate surface area is 115 Å². The van der Waals surface area contributed by atoms with Crippen LogP contribution >= 0.6 is 0 Å². The summed E-state index contributed by atoms with van der Waals surface area (Å²) >= 11 is 0. The quantitative estimate of drug-likeness (QED) is 0.479. The third-order valence-electron chi connectivity index (χ3n) is 4.95. The molecule has 1 rings (SSSR count). The van der Waals surface area contributed by atoms with Gasteiger partial charge in [-0.15, -0.1) is 4.99 Å². The lowest BCUT2D eigenvalue weighted by Crippen LogP contribution is -2.50. The summed E-state index contributed by atoms with van der Waals surface area (Å²) in [6.45, 7) is 8.20. The minimum atomic E-state index is 0.0416. The van der Waals surface area contributed by atoms with Crippen LogP contribution in [0.15, 0.2) is 4.99 Å². The van der Waals surface area contributed by atoms with Crippen molar-refractivity contribution in [2.75, 3.05) is 13.1 Å². The van der Waals surface area contributed by atoms with E-state index >= 15 is 0 Å². The van der Waals surface area contributed by atoms with E-state index in [0.717, 1.165) is 32.4 Å². The number of nitrogens with zero attached hydrogens (tertiary/aromatic N) is 4. The molecule has 0 aromatic heterocycles. The molecule has 2 N–H and O–H groups in total. The lowest BCUT2D eigenvalue weighted by Gasteiger charge is -2.50. The lowest BCUT2D eigenvalue weighted by molar-refractivity contribution is 0.0115. The molecule has 0 bridgehead atoms. The number of aliphatic imine (C=N–C) groups is 1. The van der Waals surface area contributed by atoms with Gasteiger partial charge < -0.3 is 10.6 Å². The zero-order chi connectivity index (χ0) is 14.5. The topological polar surface area (TPSA) is 89.2 Å². The molecule has 0 atom stereocenters. The second kappa shape index (κ2) is 5.93. The van der Waals surface area contributed by atoms with Gasteiger partial charge in [0.2, 0.25) is 12.2 Å². The van der Waals surface area contributed by atoms with E-state index in [9.17, 15) is 0 Å². The maximum atomic E-state index is 9.15. The van der Waals surface area contributed by atoms with E-state index in [0.29, 0.717) is 12.4 Å². The van der Waals surface area contributed by atoms with Gasteiger partial charge in [0.05, 0.1) is 6.07 Å². The average molecular weight is 261 g/mol. The van der Waals surface area contributed by atoms with Gasteiger partial charge in [-0.3, -0.25) is 0 Å². The van der Waals surface area contributed by atoms with Crippen LogP contribution in [0.25, 0.3) is 0 Å². The van der Waals surface area contributed by atoms with Crippen molar-refractivity contribution in [1.29, 1.82) is 10.5 Å². The van der Waals surface area contributed by atoms with Crippen LogP contribution in [0.2, 0.25) is 0 Å². The zero-order valence-corrected chi connectivity index (χ0v) is 12.1. The molecule has 19 heavy (non-hydrogen) atoms. The van der Waals surface area contributed by atoms with Crippen molar-refractivity contribution in [2.24, 2.45) is 21.6 Å². The van der Waals surface area contributed by atoms with Crippen LogP contribution in [0.1, 0.15) is 46.5 Å². The molecule has 5 nitrogen and oxygen atoms in total. The van der Waals surface area contributed by atoms with Gasteiger partial charge >= 0.3 is 0 Å². The predicted molar refractivity (Wildman–Crippen MR) is 74.8 cm³/mol. The van der Waals surface area contributed by atoms with E-state index in [1.54, 1.807) is 6.19 Å². The summed E-state index contributed by atoms with van der Waals surface area (Å²) in [6.07, 6.45) is 5.19. The normalized spacial score (nSPS) is 19.6. The van der Waals surface area contributed by atoms with E-state index < -0.39 is 0 Å². The number of rotatable bonds is 3. The van der Waals surface area contributed by atoms with Crippen molar-refractivity contribution >= 4 is 5.96 Å². The first kappa shape index (κ1) is 15.3. The highest BCUT2D eigenvalue weighted by atomic mass is 15.3. The van der Waals surface area contributed by atoms with E-state index in [4.69, 9.17) is 16.3 Å². The van der Waals surface area contributed by atoms with Crippen molar-refractivity contribution in [3.63, 3.8) is 0 Å². The number of nitrogens with two attached hydrogens (primary N) is 1. The molecule has 0 amide bonds. The summed E-state index contributed by atoms with van der Waals surface area (Å²) in [5, 5.41) is 17.7. The molecule has 0 aromatic rings. The Morgan fingerprint density at radius 3 is 2.37 bits per heavy atom. The standard InChI is InChI=1S/C14H23N5/c1-4-13(2,3)14(5-8-15)6-9-19(10-7-14)12(17)18-11-16/h4-7,9-10H2,1-3H3,(H2,17,18). The second-order valence-corrected chi connectivity index (χ2v) is 5.91. The highest BCUT2D eigenvalue weighted by Gasteiger charge is 2.45. The van der Waals surface area contributed by atoms with Crippen molar-refractivity contribution in [3.8, 4) is 12.3 Å². The highest BCUT2D eigenvalue weighted by molar-refractivity contribution is 5.79. The van der Waals surface area contributed by atoms with Crippen LogP contribution in [-0.4, -0.2) is 23.9 Å². The maximum absolute atomic E-state index is 9.15. The Kier molecular flexibility index (Phi) is 4.78. The fraction of sp³-hybridized carbons (Fsp3) is 0.786. The van der Waals surface area contributed by atoms with Gasteiger partial charge in [-0.25, -0.2) is 0 Å². The molecular formula is C14H23N5. The number of nitriles is 2. The molecule has 0 spiro atoms. The third-order valence-corrected chi connectivity index (χ3v) is 4.95. The zero-order valence-electron chi connectivity index (χ0n) is 12.1. The molecule has 0 radical (unpaired) electrons. The minimum Gasteiger partial charge on any atom is -0.369 e. The maximum Gasteiger partial charge on any atom is 0.209 e. The molecular weight excluding hydrogens is 238 g/mol. The van der Waals surface area contributed by atoms with Crippen molar-refractivity contribution in [3.05, 3.63) is 0 Å². The Hall–Kier alpha value is -1.75. The monoisotopic (exact) mass is 261 g/mol. The van der Waals surface area contributed by atoms with Gasteiger partial charge in [-0.2, -0.15) is 10.5 Å². The summed E-state index contributed by atoms with van der Waals surface area (Å²) in [4.78, 5) is 5.52. The molecule has 1 aliphatic heterocycles. The van der Waals surface area contributed by atoms with Crippen LogP contribution in [0.4, 0.5) is 0 Å². The van der Waals surface area contributed by atoms with E-state index in [1.165, 1.54) is 0 Å². The van der Waals surface area contributed by atoms with Crippen molar-refractivity contribution in [1.82, 2.24) is 4.90 Å². The van der Waals surface area contributed by atoms with E-state index in [-0.39, 0.29) is 10.8 Å². The van der Waals surface area contributed by atoms with Crippen LogP contribution < -0.4 is 5.73 Å². The molecule has 5 heteroatoms. The first-order valence-electron chi connectivity index (χ1n) is 6.76. The number of likely N-dealkylation sites (tertiary alicyclic amines) is 1. The van der Waals surface area contributed by atoms with Gasteiger partial charge in [-0.05, 0) is 23.7 Å². The average Bonchev–Trinajstić information content (AvgIpc) is 2.40. The van der Waals surface area contributed by atoms with Crippen LogP contribution in [0.5, 0.6) is 0 Å². The third kappa shape index (κ3) is 2.98. The molecule has 0 unspecified atom stereocenters. The summed E-state index contributed by atoms with van der Waals surface area (Å²) in [5.74, 6) is 0.294. The Balaban J connectivity index is 2.85. The molecule has 1 heterocycles. The Bertz CT molecular complexity index is 416. The SMILES string of the molecule is CCC(C)(C)C1(CC#N)CCN(/C(N)=N/C#N)CC1. The van der Waals surface area contributed by atoms with E-state index in [1.807, 2.05) is 4.90 Å². The Morgan fingerprint density at radius 1 is 1.37 bits per heavy atom. The van der Waals surface area contributed by atoms with Gasteiger partial charge in [0, 0.05) is 19.5 Å². The number of hydrogen-bond acceptors (Lipinski definition) is 3. The van der Waals surface area contributed by atoms with Gasteiger partial charge in [0.15, 0.2) is 0 Å². The molecule has 104 valence electrons. The van der Waals surface area contributed by atoms with Gasteiger partial charge in [0.1, 0.15) is 0 Å². The summed E-state index contributed by atoms with van der Waals surface area (Å²) in [6, 6.07) is 2.36. The summed E-state index contributed by atoms with van der Waals surface area (Å²) in [5.41, 5.74) is 5.93. The molecule has 0 saturated carbocycles. The largest absolute Gasteiger partial charge is 0.369 e. The fourth-order valence-corrected chi connectivity index (χ4v) is 2.90. The van der Waals surface area contributed by atoms with Crippen molar-refractivity contribution < 1.29 is 0 Å². The van der Waals surface area contributed by atoms with Gasteiger partial charge in [0.25, 0.3) is 0 Å². The van der Waals surface area contributed by atoms with Crippen LogP contribution in [0.3, 0.4) is 0 Å². The number of piperidine rings is 1. The molecule has 0 aromatic carbocycles. The molecule has 1 fully saturated rings.